The van der Waals surface area contributed by atoms with Crippen molar-refractivity contribution in [1.29, 1.82) is 0 Å². The molecule has 0 aromatic heterocycles. The van der Waals surface area contributed by atoms with E-state index >= 15 is 0 Å². The molecule has 2 rings (SSSR count). The molecular weight excluding hydrogens is 245 g/mol. The van der Waals surface area contributed by atoms with Crippen LogP contribution < -0.4 is 5.32 Å². The van der Waals surface area contributed by atoms with Crippen molar-refractivity contribution in [3.8, 4) is 0 Å². The van der Waals surface area contributed by atoms with E-state index in [-0.39, 0.29) is 11.7 Å². The average Bonchev–Trinajstić information content (AvgIpc) is 2.64. The van der Waals surface area contributed by atoms with E-state index in [0.717, 1.165) is 25.7 Å². The molecule has 0 saturated heterocycles. The van der Waals surface area contributed by atoms with Crippen LogP contribution >= 0.6 is 0 Å². The van der Waals surface area contributed by atoms with E-state index in [2.05, 4.69) is 5.32 Å². The highest BCUT2D eigenvalue weighted by molar-refractivity contribution is 5.77. The molecule has 19 heavy (non-hydrogen) atoms. The zero-order chi connectivity index (χ0) is 13.7. The number of hydrogen-bond acceptors (Lipinski definition) is 2. The van der Waals surface area contributed by atoms with Crippen LogP contribution in [0, 0.1) is 11.7 Å². The Morgan fingerprint density at radius 3 is 2.53 bits per heavy atom. The van der Waals surface area contributed by atoms with Gasteiger partial charge in [-0.3, -0.25) is 0 Å². The minimum absolute atomic E-state index is 0.128. The SMILES string of the molecule is O=C(O)C(Nc1cccc(F)c1)C1CCCCCC1. The molecule has 1 aromatic carbocycles. The molecule has 1 aliphatic rings. The van der Waals surface area contributed by atoms with E-state index in [1.54, 1.807) is 12.1 Å². The number of anilines is 1. The van der Waals surface area contributed by atoms with Gasteiger partial charge in [-0.05, 0) is 37.0 Å². The zero-order valence-electron chi connectivity index (χ0n) is 10.9. The van der Waals surface area contributed by atoms with Gasteiger partial charge in [0.25, 0.3) is 0 Å². The predicted octanol–water partition coefficient (Wildman–Crippen LogP) is 3.66. The molecule has 0 heterocycles. The summed E-state index contributed by atoms with van der Waals surface area (Å²) in [4.78, 5) is 11.4. The van der Waals surface area contributed by atoms with Gasteiger partial charge in [0.2, 0.25) is 0 Å². The normalized spacial score (nSPS) is 18.6. The van der Waals surface area contributed by atoms with Crippen molar-refractivity contribution in [2.75, 3.05) is 5.32 Å². The smallest absolute Gasteiger partial charge is 0.326 e. The van der Waals surface area contributed by atoms with E-state index in [1.807, 2.05) is 0 Å². The Labute approximate surface area is 112 Å². The molecule has 0 spiro atoms. The van der Waals surface area contributed by atoms with Crippen molar-refractivity contribution in [3.05, 3.63) is 30.1 Å². The van der Waals surface area contributed by atoms with Gasteiger partial charge >= 0.3 is 5.97 Å². The van der Waals surface area contributed by atoms with Crippen LogP contribution in [0.15, 0.2) is 24.3 Å². The molecule has 1 unspecified atom stereocenters. The first-order valence-electron chi connectivity index (χ1n) is 6.92. The quantitative estimate of drug-likeness (QED) is 0.817. The van der Waals surface area contributed by atoms with E-state index in [9.17, 15) is 14.3 Å². The highest BCUT2D eigenvalue weighted by atomic mass is 19.1. The topological polar surface area (TPSA) is 49.3 Å². The molecule has 0 amide bonds. The van der Waals surface area contributed by atoms with E-state index in [4.69, 9.17) is 0 Å². The first-order chi connectivity index (χ1) is 9.16. The summed E-state index contributed by atoms with van der Waals surface area (Å²) in [5.74, 6) is -1.07. The summed E-state index contributed by atoms with van der Waals surface area (Å²) < 4.78 is 13.1. The van der Waals surface area contributed by atoms with Gasteiger partial charge in [0.1, 0.15) is 11.9 Å². The Morgan fingerprint density at radius 1 is 1.26 bits per heavy atom. The molecule has 1 aliphatic carbocycles. The summed E-state index contributed by atoms with van der Waals surface area (Å²) in [6.07, 6.45) is 6.39. The maximum atomic E-state index is 13.1. The van der Waals surface area contributed by atoms with E-state index in [0.29, 0.717) is 5.69 Å². The van der Waals surface area contributed by atoms with Gasteiger partial charge in [-0.2, -0.15) is 0 Å². The second kappa shape index (κ2) is 6.55. The third-order valence-corrected chi connectivity index (χ3v) is 3.78. The van der Waals surface area contributed by atoms with Gasteiger partial charge in [0, 0.05) is 5.69 Å². The molecule has 1 fully saturated rings. The molecule has 0 radical (unpaired) electrons. The minimum atomic E-state index is -0.851. The van der Waals surface area contributed by atoms with Gasteiger partial charge in [-0.1, -0.05) is 31.7 Å². The van der Waals surface area contributed by atoms with Crippen LogP contribution in [0.1, 0.15) is 38.5 Å². The molecular formula is C15H20FNO2. The maximum Gasteiger partial charge on any atom is 0.326 e. The van der Waals surface area contributed by atoms with Crippen molar-refractivity contribution in [1.82, 2.24) is 0 Å². The van der Waals surface area contributed by atoms with E-state index in [1.165, 1.54) is 25.0 Å². The molecule has 2 N–H and O–H groups in total. The van der Waals surface area contributed by atoms with Crippen LogP contribution in [-0.2, 0) is 4.79 Å². The van der Waals surface area contributed by atoms with Crippen LogP contribution in [-0.4, -0.2) is 17.1 Å². The van der Waals surface area contributed by atoms with Crippen molar-refractivity contribution in [2.45, 2.75) is 44.6 Å². The van der Waals surface area contributed by atoms with Gasteiger partial charge in [0.05, 0.1) is 0 Å². The summed E-state index contributed by atoms with van der Waals surface area (Å²) in [5, 5.41) is 12.4. The molecule has 1 aromatic rings. The summed E-state index contributed by atoms with van der Waals surface area (Å²) in [6, 6.07) is 5.36. The molecule has 1 atom stereocenters. The number of nitrogens with one attached hydrogen (secondary N) is 1. The Bertz CT molecular complexity index is 428. The predicted molar refractivity (Wildman–Crippen MR) is 72.6 cm³/mol. The Morgan fingerprint density at radius 2 is 1.95 bits per heavy atom. The number of aliphatic carboxylic acids is 1. The first-order valence-corrected chi connectivity index (χ1v) is 6.92. The van der Waals surface area contributed by atoms with Crippen LogP contribution in [0.25, 0.3) is 0 Å². The summed E-state index contributed by atoms with van der Waals surface area (Å²) >= 11 is 0. The lowest BCUT2D eigenvalue weighted by Crippen LogP contribution is -2.36. The number of benzene rings is 1. The van der Waals surface area contributed by atoms with E-state index < -0.39 is 12.0 Å². The van der Waals surface area contributed by atoms with Crippen molar-refractivity contribution < 1.29 is 14.3 Å². The molecule has 104 valence electrons. The number of carbonyl (C=O) groups is 1. The van der Waals surface area contributed by atoms with Crippen LogP contribution in [0.2, 0.25) is 0 Å². The van der Waals surface area contributed by atoms with Crippen molar-refractivity contribution in [3.63, 3.8) is 0 Å². The highest BCUT2D eigenvalue weighted by Gasteiger charge is 2.28. The fraction of sp³-hybridized carbons (Fsp3) is 0.533. The largest absolute Gasteiger partial charge is 0.480 e. The summed E-state index contributed by atoms with van der Waals surface area (Å²) in [6.45, 7) is 0. The number of hydrogen-bond donors (Lipinski definition) is 2. The standard InChI is InChI=1S/C15H20FNO2/c16-12-8-5-9-13(10-12)17-14(15(18)19)11-6-3-1-2-4-7-11/h5,8-11,14,17H,1-4,6-7H2,(H,18,19). The lowest BCUT2D eigenvalue weighted by Gasteiger charge is -2.24. The van der Waals surface area contributed by atoms with Gasteiger partial charge < -0.3 is 10.4 Å². The van der Waals surface area contributed by atoms with Crippen LogP contribution in [0.3, 0.4) is 0 Å². The Kier molecular flexibility index (Phi) is 4.77. The number of rotatable bonds is 4. The van der Waals surface area contributed by atoms with Crippen molar-refractivity contribution in [2.24, 2.45) is 5.92 Å². The number of carboxylic acids is 1. The minimum Gasteiger partial charge on any atom is -0.480 e. The monoisotopic (exact) mass is 265 g/mol. The fourth-order valence-electron chi connectivity index (χ4n) is 2.78. The molecule has 0 aliphatic heterocycles. The zero-order valence-corrected chi connectivity index (χ0v) is 10.9. The maximum absolute atomic E-state index is 13.1. The second-order valence-electron chi connectivity index (χ2n) is 5.22. The number of halogens is 1. The fourth-order valence-corrected chi connectivity index (χ4v) is 2.78. The van der Waals surface area contributed by atoms with Gasteiger partial charge in [0.15, 0.2) is 0 Å². The highest BCUT2D eigenvalue weighted by Crippen LogP contribution is 2.27. The van der Waals surface area contributed by atoms with Crippen LogP contribution in [0.5, 0.6) is 0 Å². The van der Waals surface area contributed by atoms with Gasteiger partial charge in [-0.15, -0.1) is 0 Å². The lowest BCUT2D eigenvalue weighted by atomic mass is 9.91. The third kappa shape index (κ3) is 3.94. The Balaban J connectivity index is 2.09. The van der Waals surface area contributed by atoms with Gasteiger partial charge in [-0.25, -0.2) is 9.18 Å². The molecule has 3 nitrogen and oxygen atoms in total. The van der Waals surface area contributed by atoms with Crippen LogP contribution in [0.4, 0.5) is 10.1 Å². The lowest BCUT2D eigenvalue weighted by molar-refractivity contribution is -0.139. The first kappa shape index (κ1) is 13.8. The third-order valence-electron chi connectivity index (χ3n) is 3.78. The molecule has 0 bridgehead atoms. The Hall–Kier alpha value is -1.58. The summed E-state index contributed by atoms with van der Waals surface area (Å²) in [7, 11) is 0. The second-order valence-corrected chi connectivity index (χ2v) is 5.22. The summed E-state index contributed by atoms with van der Waals surface area (Å²) in [5.41, 5.74) is 0.539. The van der Waals surface area contributed by atoms with Crippen molar-refractivity contribution >= 4 is 11.7 Å². The average molecular weight is 265 g/mol. The molecule has 1 saturated carbocycles. The molecule has 4 heteroatoms. The number of carboxylic acid groups (broad SMARTS) is 1.